The van der Waals surface area contributed by atoms with Crippen LogP contribution in [0, 0.1) is 41.5 Å². The molecule has 0 spiro atoms. The number of phenolic OH excluding ortho intramolecular Hbond substituents is 2. The molecule has 234 valence electrons. The number of aryl methyl sites for hydroxylation is 6. The molecule has 4 aromatic rings. The number of aromatic hydroxyl groups is 2. The highest BCUT2D eigenvalue weighted by Gasteiger charge is 2.47. The average molecular weight is 595 g/mol. The molecule has 4 nitrogen and oxygen atoms in total. The van der Waals surface area contributed by atoms with Crippen LogP contribution >= 0.6 is 0 Å². The van der Waals surface area contributed by atoms with E-state index < -0.39 is 23.0 Å². The Kier molecular flexibility index (Phi) is 9.40. The summed E-state index contributed by atoms with van der Waals surface area (Å²) in [6.07, 6.45) is -0.954. The lowest BCUT2D eigenvalue weighted by Crippen LogP contribution is -2.53. The first-order valence-electron chi connectivity index (χ1n) is 15.4. The number of phenols is 2. The minimum Gasteiger partial charge on any atom is -0.507 e. The third-order valence-corrected chi connectivity index (χ3v) is 9.56. The van der Waals surface area contributed by atoms with Crippen LogP contribution in [0.3, 0.4) is 0 Å². The summed E-state index contributed by atoms with van der Waals surface area (Å²) in [4.78, 5) is 0. The van der Waals surface area contributed by atoms with E-state index in [-0.39, 0.29) is 11.5 Å². The maximum absolute atomic E-state index is 11.9. The van der Waals surface area contributed by atoms with E-state index in [1.54, 1.807) is 14.2 Å². The molecule has 2 unspecified atom stereocenters. The fraction of sp³-hybridized carbons (Fsp3) is 0.400. The van der Waals surface area contributed by atoms with Crippen molar-refractivity contribution in [2.45, 2.75) is 92.3 Å². The minimum absolute atomic E-state index is 0.248. The molecule has 44 heavy (non-hydrogen) atoms. The number of hydrogen-bond acceptors (Lipinski definition) is 4. The fourth-order valence-electron chi connectivity index (χ4n) is 7.64. The SMILES string of the molecule is COC(C(OC)C(C)(C)c1cccc(-c2c(C)cc(C)cc2C)c1O)C(C)(C)c1cccc(-c2c(C)cc(C)cc2C)c1O. The molecule has 4 heteroatoms. The quantitative estimate of drug-likeness (QED) is 0.203. The average Bonchev–Trinajstić information content (AvgIpc) is 2.91. The monoisotopic (exact) mass is 594 g/mol. The number of benzene rings is 4. The Balaban J connectivity index is 1.83. The van der Waals surface area contributed by atoms with Crippen LogP contribution in [0.2, 0.25) is 0 Å². The van der Waals surface area contributed by atoms with Gasteiger partial charge in [-0.15, -0.1) is 0 Å². The summed E-state index contributed by atoms with van der Waals surface area (Å²) in [6, 6.07) is 20.5. The molecule has 4 rings (SSSR count). The molecule has 0 aliphatic rings. The molecular formula is C40H50O4. The molecule has 0 amide bonds. The van der Waals surface area contributed by atoms with Crippen LogP contribution in [0.15, 0.2) is 60.7 Å². The molecule has 0 aromatic heterocycles. The summed E-state index contributed by atoms with van der Waals surface area (Å²) >= 11 is 0. The topological polar surface area (TPSA) is 58.9 Å². The zero-order valence-corrected chi connectivity index (χ0v) is 28.6. The summed E-state index contributed by atoms with van der Waals surface area (Å²) < 4.78 is 12.6. The summed E-state index contributed by atoms with van der Waals surface area (Å²) in [5.74, 6) is 0.495. The van der Waals surface area contributed by atoms with Crippen molar-refractivity contribution in [3.8, 4) is 33.8 Å². The molecule has 0 aliphatic heterocycles. The lowest BCUT2D eigenvalue weighted by molar-refractivity contribution is -0.0977. The van der Waals surface area contributed by atoms with E-state index in [0.717, 1.165) is 55.6 Å². The van der Waals surface area contributed by atoms with Gasteiger partial charge >= 0.3 is 0 Å². The van der Waals surface area contributed by atoms with Crippen molar-refractivity contribution in [2.75, 3.05) is 14.2 Å². The molecule has 0 radical (unpaired) electrons. The molecule has 2 atom stereocenters. The Morgan fingerprint density at radius 3 is 1.09 bits per heavy atom. The van der Waals surface area contributed by atoms with E-state index in [0.29, 0.717) is 0 Å². The van der Waals surface area contributed by atoms with E-state index in [1.807, 2.05) is 36.4 Å². The number of rotatable bonds is 9. The minimum atomic E-state index is -0.670. The largest absolute Gasteiger partial charge is 0.507 e. The van der Waals surface area contributed by atoms with Gasteiger partial charge in [-0.1, -0.05) is 99.5 Å². The van der Waals surface area contributed by atoms with Crippen molar-refractivity contribution in [2.24, 2.45) is 0 Å². The van der Waals surface area contributed by atoms with Gasteiger partial charge < -0.3 is 19.7 Å². The van der Waals surface area contributed by atoms with Crippen molar-refractivity contribution in [3.63, 3.8) is 0 Å². The van der Waals surface area contributed by atoms with E-state index >= 15 is 0 Å². The fourth-order valence-corrected chi connectivity index (χ4v) is 7.64. The van der Waals surface area contributed by atoms with Crippen molar-refractivity contribution < 1.29 is 19.7 Å². The smallest absolute Gasteiger partial charge is 0.127 e. The predicted octanol–water partition coefficient (Wildman–Crippen LogP) is 9.57. The maximum Gasteiger partial charge on any atom is 0.127 e. The van der Waals surface area contributed by atoms with Crippen LogP contribution in [0.4, 0.5) is 0 Å². The van der Waals surface area contributed by atoms with E-state index in [4.69, 9.17) is 9.47 Å². The third-order valence-electron chi connectivity index (χ3n) is 9.56. The molecule has 0 saturated heterocycles. The van der Waals surface area contributed by atoms with Gasteiger partial charge in [0.15, 0.2) is 0 Å². The van der Waals surface area contributed by atoms with Gasteiger partial charge in [0.1, 0.15) is 11.5 Å². The highest BCUT2D eigenvalue weighted by Crippen LogP contribution is 2.48. The first-order valence-corrected chi connectivity index (χ1v) is 15.4. The first kappa shape index (κ1) is 33.3. The molecule has 4 aromatic carbocycles. The van der Waals surface area contributed by atoms with Crippen molar-refractivity contribution in [1.29, 1.82) is 0 Å². The molecular weight excluding hydrogens is 544 g/mol. The Labute approximate surface area is 264 Å². The van der Waals surface area contributed by atoms with Gasteiger partial charge in [0.2, 0.25) is 0 Å². The number of ether oxygens (including phenoxy) is 2. The Morgan fingerprint density at radius 1 is 0.523 bits per heavy atom. The van der Waals surface area contributed by atoms with Crippen molar-refractivity contribution in [1.82, 2.24) is 0 Å². The van der Waals surface area contributed by atoms with Crippen molar-refractivity contribution >= 4 is 0 Å². The highest BCUT2D eigenvalue weighted by atomic mass is 16.5. The normalized spacial score (nSPS) is 13.6. The van der Waals surface area contributed by atoms with Gasteiger partial charge in [-0.25, -0.2) is 0 Å². The summed E-state index contributed by atoms with van der Waals surface area (Å²) in [7, 11) is 3.39. The molecule has 0 aliphatic carbocycles. The van der Waals surface area contributed by atoms with E-state index in [1.165, 1.54) is 11.1 Å². The number of methoxy groups -OCH3 is 2. The van der Waals surface area contributed by atoms with E-state index in [9.17, 15) is 10.2 Å². The van der Waals surface area contributed by atoms with Gasteiger partial charge in [-0.2, -0.15) is 0 Å². The second-order valence-corrected chi connectivity index (χ2v) is 13.7. The van der Waals surface area contributed by atoms with Crippen LogP contribution in [0.25, 0.3) is 22.3 Å². The summed E-state index contributed by atoms with van der Waals surface area (Å²) in [5.41, 5.74) is 10.8. The molecule has 0 bridgehead atoms. The predicted molar refractivity (Wildman–Crippen MR) is 183 cm³/mol. The molecule has 0 heterocycles. The van der Waals surface area contributed by atoms with Crippen LogP contribution in [-0.4, -0.2) is 36.6 Å². The Bertz CT molecular complexity index is 1510. The highest BCUT2D eigenvalue weighted by molar-refractivity contribution is 5.79. The molecule has 2 N–H and O–H groups in total. The van der Waals surface area contributed by atoms with Gasteiger partial charge in [-0.05, 0) is 74.9 Å². The lowest BCUT2D eigenvalue weighted by Gasteiger charge is -2.45. The van der Waals surface area contributed by atoms with Crippen LogP contribution in [0.5, 0.6) is 11.5 Å². The summed E-state index contributed by atoms with van der Waals surface area (Å²) in [6.45, 7) is 20.9. The zero-order chi connectivity index (χ0) is 32.7. The molecule has 0 saturated carbocycles. The molecule has 0 fully saturated rings. The lowest BCUT2D eigenvalue weighted by atomic mass is 9.67. The van der Waals surface area contributed by atoms with Crippen LogP contribution < -0.4 is 0 Å². The maximum atomic E-state index is 11.9. The summed E-state index contributed by atoms with van der Waals surface area (Å²) in [5, 5.41) is 23.7. The van der Waals surface area contributed by atoms with Gasteiger partial charge in [0.25, 0.3) is 0 Å². The van der Waals surface area contributed by atoms with Gasteiger partial charge in [-0.3, -0.25) is 0 Å². The number of para-hydroxylation sites is 2. The van der Waals surface area contributed by atoms with Gasteiger partial charge in [0, 0.05) is 47.3 Å². The Morgan fingerprint density at radius 2 is 0.818 bits per heavy atom. The van der Waals surface area contributed by atoms with Crippen molar-refractivity contribution in [3.05, 3.63) is 105 Å². The second kappa shape index (κ2) is 12.4. The zero-order valence-electron chi connectivity index (χ0n) is 28.6. The van der Waals surface area contributed by atoms with E-state index in [2.05, 4.69) is 93.5 Å². The Hall–Kier alpha value is -3.60. The van der Waals surface area contributed by atoms with Gasteiger partial charge in [0.05, 0.1) is 12.2 Å². The third kappa shape index (κ3) is 5.78. The number of hydrogen-bond donors (Lipinski definition) is 2. The second-order valence-electron chi connectivity index (χ2n) is 13.7. The first-order chi connectivity index (χ1) is 20.6. The van der Waals surface area contributed by atoms with Crippen LogP contribution in [0.1, 0.15) is 72.2 Å². The van der Waals surface area contributed by atoms with Crippen LogP contribution in [-0.2, 0) is 20.3 Å². The standard InChI is InChI=1S/C40H50O4/c1-23-19-25(3)33(26(4)20-23)29-15-13-17-31(35(29)41)39(7,8)37(43-11)38(44-12)40(9,10)32-18-14-16-30(36(32)42)34-27(5)21-24(2)22-28(34)6/h13-22,37-38,41-42H,1-12H3.